The number of anilines is 3. The molecule has 7 nitrogen and oxygen atoms in total. The van der Waals surface area contributed by atoms with Gasteiger partial charge in [-0.3, -0.25) is 4.84 Å². The van der Waals surface area contributed by atoms with E-state index in [1.807, 2.05) is 24.3 Å². The lowest BCUT2D eigenvalue weighted by Gasteiger charge is -2.24. The van der Waals surface area contributed by atoms with Gasteiger partial charge in [0, 0.05) is 18.7 Å². The Labute approximate surface area is 175 Å². The van der Waals surface area contributed by atoms with E-state index < -0.39 is 0 Å². The number of hydrogen-bond donors (Lipinski definition) is 2. The number of nitrogens with one attached hydrogen (secondary N) is 2. The molecule has 1 aromatic heterocycles. The van der Waals surface area contributed by atoms with Crippen LogP contribution in [0.1, 0.15) is 34.7 Å². The summed E-state index contributed by atoms with van der Waals surface area (Å²) in [5.74, 6) is 0.934. The zero-order valence-corrected chi connectivity index (χ0v) is 16.5. The van der Waals surface area contributed by atoms with E-state index in [-0.39, 0.29) is 6.04 Å². The van der Waals surface area contributed by atoms with E-state index >= 15 is 0 Å². The normalized spacial score (nSPS) is 18.0. The molecule has 3 aromatic rings. The van der Waals surface area contributed by atoms with Crippen LogP contribution in [0, 0.1) is 11.3 Å². The molecule has 1 fully saturated rings. The van der Waals surface area contributed by atoms with Crippen LogP contribution in [0.4, 0.5) is 17.5 Å². The van der Waals surface area contributed by atoms with Gasteiger partial charge < -0.3 is 10.6 Å². The van der Waals surface area contributed by atoms with Gasteiger partial charge in [0.2, 0.25) is 5.95 Å². The molecule has 1 unspecified atom stereocenters. The Balaban J connectivity index is 1.45. The molecule has 7 heteroatoms. The first-order chi connectivity index (χ1) is 14.8. The molecule has 3 heterocycles. The Hall–Kier alpha value is -3.47. The molecule has 0 saturated carbocycles. The van der Waals surface area contributed by atoms with Crippen molar-refractivity contribution < 1.29 is 4.84 Å². The monoisotopic (exact) mass is 398 g/mol. The number of benzene rings is 2. The molecule has 0 aliphatic carbocycles. The van der Waals surface area contributed by atoms with E-state index in [1.54, 1.807) is 11.3 Å². The molecule has 5 rings (SSSR count). The maximum absolute atomic E-state index is 9.61. The molecule has 150 valence electrons. The van der Waals surface area contributed by atoms with Gasteiger partial charge in [0.05, 0.1) is 18.8 Å². The fraction of sp³-hybridized carbons (Fsp3) is 0.261. The first kappa shape index (κ1) is 18.6. The van der Waals surface area contributed by atoms with Crippen molar-refractivity contribution in [1.82, 2.24) is 15.3 Å². The van der Waals surface area contributed by atoms with Crippen LogP contribution in [0.3, 0.4) is 0 Å². The topological polar surface area (TPSA) is 86.1 Å². The molecule has 0 bridgehead atoms. The number of rotatable bonds is 4. The highest BCUT2D eigenvalue weighted by atomic mass is 16.7. The van der Waals surface area contributed by atoms with Crippen molar-refractivity contribution >= 4 is 17.5 Å². The molecule has 0 spiro atoms. The van der Waals surface area contributed by atoms with Crippen LogP contribution in [-0.2, 0) is 17.8 Å². The van der Waals surface area contributed by atoms with Crippen LogP contribution in [0.5, 0.6) is 0 Å². The van der Waals surface area contributed by atoms with Crippen LogP contribution in [0.2, 0.25) is 0 Å². The fourth-order valence-corrected chi connectivity index (χ4v) is 4.02. The minimum atomic E-state index is 0.0114. The van der Waals surface area contributed by atoms with Crippen molar-refractivity contribution in [3.63, 3.8) is 0 Å². The molecular formula is C23H22N6O. The van der Waals surface area contributed by atoms with Gasteiger partial charge in [0.1, 0.15) is 11.6 Å². The Kier molecular flexibility index (Phi) is 5.01. The number of aromatic nitrogens is 2. The summed E-state index contributed by atoms with van der Waals surface area (Å²) in [7, 11) is 0. The second-order valence-corrected chi connectivity index (χ2v) is 7.45. The molecule has 0 amide bonds. The summed E-state index contributed by atoms with van der Waals surface area (Å²) in [6.07, 6.45) is 3.39. The van der Waals surface area contributed by atoms with Crippen LogP contribution < -0.4 is 15.7 Å². The largest absolute Gasteiger partial charge is 0.324 e. The van der Waals surface area contributed by atoms with E-state index in [0.717, 1.165) is 37.2 Å². The van der Waals surface area contributed by atoms with Gasteiger partial charge in [-0.25, -0.2) is 10.0 Å². The predicted molar refractivity (Wildman–Crippen MR) is 114 cm³/mol. The smallest absolute Gasteiger partial charge is 0.229 e. The van der Waals surface area contributed by atoms with Gasteiger partial charge in [-0.15, -0.1) is 0 Å². The maximum Gasteiger partial charge on any atom is 0.229 e. The molecule has 2 N–H and O–H groups in total. The van der Waals surface area contributed by atoms with Crippen molar-refractivity contribution in [2.24, 2.45) is 0 Å². The molecular weight excluding hydrogens is 376 g/mol. The van der Waals surface area contributed by atoms with Gasteiger partial charge in [-0.1, -0.05) is 36.4 Å². The Morgan fingerprint density at radius 1 is 1.17 bits per heavy atom. The summed E-state index contributed by atoms with van der Waals surface area (Å²) >= 11 is 0. The third kappa shape index (κ3) is 3.59. The summed E-state index contributed by atoms with van der Waals surface area (Å²) < 4.78 is 0. The second kappa shape index (κ2) is 8.11. The van der Waals surface area contributed by atoms with E-state index in [1.165, 1.54) is 11.1 Å². The van der Waals surface area contributed by atoms with E-state index in [9.17, 15) is 5.26 Å². The van der Waals surface area contributed by atoms with Crippen molar-refractivity contribution in [2.75, 3.05) is 23.5 Å². The highest BCUT2D eigenvalue weighted by molar-refractivity contribution is 5.61. The number of nitrogens with zero attached hydrogens (tertiary/aromatic N) is 4. The highest BCUT2D eigenvalue weighted by Gasteiger charge is 2.31. The summed E-state index contributed by atoms with van der Waals surface area (Å²) in [5, 5.41) is 18.0. The zero-order valence-electron chi connectivity index (χ0n) is 16.5. The zero-order chi connectivity index (χ0) is 20.3. The average molecular weight is 398 g/mol. The van der Waals surface area contributed by atoms with E-state index in [4.69, 9.17) is 4.84 Å². The van der Waals surface area contributed by atoms with Gasteiger partial charge in [0.25, 0.3) is 0 Å². The quantitative estimate of drug-likeness (QED) is 0.694. The molecule has 2 aromatic carbocycles. The summed E-state index contributed by atoms with van der Waals surface area (Å²) in [6, 6.07) is 18.7. The maximum atomic E-state index is 9.61. The van der Waals surface area contributed by atoms with Gasteiger partial charge >= 0.3 is 0 Å². The SMILES string of the molecule is N#Cc1cnc(Nc2ccc3c(c2)CCNC3)nc1N1OCCC1c1ccccc1. The molecule has 2 aliphatic heterocycles. The Morgan fingerprint density at radius 3 is 2.93 bits per heavy atom. The molecule has 1 atom stereocenters. The van der Waals surface area contributed by atoms with Crippen molar-refractivity contribution in [1.29, 1.82) is 5.26 Å². The number of nitriles is 1. The Morgan fingerprint density at radius 2 is 2.07 bits per heavy atom. The van der Waals surface area contributed by atoms with Crippen LogP contribution in [-0.4, -0.2) is 23.1 Å². The molecule has 1 saturated heterocycles. The second-order valence-electron chi connectivity index (χ2n) is 7.45. The highest BCUT2D eigenvalue weighted by Crippen LogP contribution is 2.35. The minimum Gasteiger partial charge on any atom is -0.324 e. The first-order valence-corrected chi connectivity index (χ1v) is 10.2. The molecule has 30 heavy (non-hydrogen) atoms. The number of hydrogen-bond acceptors (Lipinski definition) is 7. The van der Waals surface area contributed by atoms with E-state index in [2.05, 4.69) is 50.9 Å². The minimum absolute atomic E-state index is 0.0114. The lowest BCUT2D eigenvalue weighted by Crippen LogP contribution is -2.24. The van der Waals surface area contributed by atoms with Gasteiger partial charge in [0.15, 0.2) is 5.82 Å². The van der Waals surface area contributed by atoms with Gasteiger partial charge in [-0.2, -0.15) is 10.2 Å². The molecule has 2 aliphatic rings. The summed E-state index contributed by atoms with van der Waals surface area (Å²) in [6.45, 7) is 2.47. The van der Waals surface area contributed by atoms with Gasteiger partial charge in [-0.05, 0) is 41.8 Å². The van der Waals surface area contributed by atoms with Crippen molar-refractivity contribution in [2.45, 2.75) is 25.4 Å². The first-order valence-electron chi connectivity index (χ1n) is 10.2. The van der Waals surface area contributed by atoms with E-state index in [0.29, 0.717) is 23.9 Å². The predicted octanol–water partition coefficient (Wildman–Crippen LogP) is 3.62. The Bertz CT molecular complexity index is 1090. The average Bonchev–Trinajstić information content (AvgIpc) is 3.29. The third-order valence-electron chi connectivity index (χ3n) is 5.54. The van der Waals surface area contributed by atoms with Crippen LogP contribution in [0.15, 0.2) is 54.7 Å². The van der Waals surface area contributed by atoms with Crippen molar-refractivity contribution in [3.8, 4) is 6.07 Å². The molecule has 0 radical (unpaired) electrons. The fourth-order valence-electron chi connectivity index (χ4n) is 4.02. The third-order valence-corrected chi connectivity index (χ3v) is 5.54. The number of fused-ring (bicyclic) bond motifs is 1. The summed E-state index contributed by atoms with van der Waals surface area (Å²) in [4.78, 5) is 14.9. The lowest BCUT2D eigenvalue weighted by atomic mass is 10.0. The van der Waals surface area contributed by atoms with Crippen LogP contribution in [0.25, 0.3) is 0 Å². The van der Waals surface area contributed by atoms with Crippen LogP contribution >= 0.6 is 0 Å². The summed E-state index contributed by atoms with van der Waals surface area (Å²) in [5.41, 5.74) is 5.12. The van der Waals surface area contributed by atoms with Crippen molar-refractivity contribution in [3.05, 3.63) is 77.0 Å². The lowest BCUT2D eigenvalue weighted by molar-refractivity contribution is 0.156. The standard InChI is InChI=1S/C23H22N6O/c24-13-19-15-26-23(27-20-7-6-18-14-25-10-8-17(18)12-20)28-22(19)29-21(9-11-30-29)16-4-2-1-3-5-16/h1-7,12,15,21,25H,8-11,14H2,(H,26,27,28). The number of hydroxylamine groups is 1.